The molecule has 10 nitrogen and oxygen atoms in total. The fourth-order valence-corrected chi connectivity index (χ4v) is 4.71. The van der Waals surface area contributed by atoms with Crippen molar-refractivity contribution in [3.63, 3.8) is 0 Å². The van der Waals surface area contributed by atoms with E-state index in [4.69, 9.17) is 9.47 Å². The van der Waals surface area contributed by atoms with Gasteiger partial charge in [0.15, 0.2) is 6.61 Å². The van der Waals surface area contributed by atoms with Crippen LogP contribution in [0.4, 0.5) is 11.4 Å². The number of anilines is 1. The molecule has 11 heteroatoms. The molecule has 0 radical (unpaired) electrons. The van der Waals surface area contributed by atoms with E-state index in [-0.39, 0.29) is 16.3 Å². The first-order chi connectivity index (χ1) is 14.8. The molecule has 0 aromatic heterocycles. The SMILES string of the molecule is COc1ccc(NC(=O)COc2ccc(S(=O)(=O)N3CCCCC3)cc2)c([N+](=O)[O-])c1. The molecule has 0 saturated carbocycles. The number of benzene rings is 2. The highest BCUT2D eigenvalue weighted by atomic mass is 32.2. The molecule has 1 amide bonds. The number of nitrogens with one attached hydrogen (secondary N) is 1. The number of hydrogen-bond acceptors (Lipinski definition) is 7. The zero-order valence-electron chi connectivity index (χ0n) is 16.9. The maximum absolute atomic E-state index is 12.7. The van der Waals surface area contributed by atoms with Crippen LogP contribution >= 0.6 is 0 Å². The van der Waals surface area contributed by atoms with Gasteiger partial charge in [-0.1, -0.05) is 6.42 Å². The Labute approximate surface area is 180 Å². The van der Waals surface area contributed by atoms with Crippen molar-refractivity contribution in [2.24, 2.45) is 0 Å². The molecule has 0 bridgehead atoms. The third-order valence-corrected chi connectivity index (χ3v) is 6.74. The highest BCUT2D eigenvalue weighted by Crippen LogP contribution is 2.29. The number of amides is 1. The minimum Gasteiger partial charge on any atom is -0.496 e. The van der Waals surface area contributed by atoms with Crippen LogP contribution in [-0.2, 0) is 14.8 Å². The second-order valence-corrected chi connectivity index (χ2v) is 8.85. The van der Waals surface area contributed by atoms with E-state index >= 15 is 0 Å². The van der Waals surface area contributed by atoms with Gasteiger partial charge in [-0.3, -0.25) is 14.9 Å². The Hall–Kier alpha value is -3.18. The summed E-state index contributed by atoms with van der Waals surface area (Å²) in [6.07, 6.45) is 2.73. The van der Waals surface area contributed by atoms with E-state index in [1.165, 1.54) is 53.9 Å². The number of hydrogen-bond donors (Lipinski definition) is 1. The van der Waals surface area contributed by atoms with Gasteiger partial charge in [-0.05, 0) is 49.2 Å². The van der Waals surface area contributed by atoms with Crippen LogP contribution in [0.2, 0.25) is 0 Å². The molecule has 0 spiro atoms. The Morgan fingerprint density at radius 3 is 2.35 bits per heavy atom. The Kier molecular flexibility index (Phi) is 7.08. The minimum atomic E-state index is -3.55. The molecule has 0 aliphatic carbocycles. The van der Waals surface area contributed by atoms with Gasteiger partial charge in [0, 0.05) is 13.1 Å². The summed E-state index contributed by atoms with van der Waals surface area (Å²) in [5.74, 6) is -0.00389. The van der Waals surface area contributed by atoms with E-state index in [1.54, 1.807) is 0 Å². The fraction of sp³-hybridized carbons (Fsp3) is 0.350. The lowest BCUT2D eigenvalue weighted by Crippen LogP contribution is -2.35. The number of methoxy groups -OCH3 is 1. The molecule has 2 aromatic carbocycles. The summed E-state index contributed by atoms with van der Waals surface area (Å²) in [5.41, 5.74) is -0.289. The number of piperidine rings is 1. The van der Waals surface area contributed by atoms with Gasteiger partial charge in [0.25, 0.3) is 11.6 Å². The van der Waals surface area contributed by atoms with Crippen molar-refractivity contribution >= 4 is 27.3 Å². The molecule has 1 heterocycles. The molecule has 1 saturated heterocycles. The van der Waals surface area contributed by atoms with E-state index in [9.17, 15) is 23.3 Å². The molecule has 1 N–H and O–H groups in total. The van der Waals surface area contributed by atoms with Crippen molar-refractivity contribution in [2.45, 2.75) is 24.2 Å². The average Bonchev–Trinajstić information content (AvgIpc) is 2.78. The summed E-state index contributed by atoms with van der Waals surface area (Å²) in [4.78, 5) is 22.9. The summed E-state index contributed by atoms with van der Waals surface area (Å²) in [7, 11) is -2.16. The van der Waals surface area contributed by atoms with Crippen molar-refractivity contribution in [1.82, 2.24) is 4.31 Å². The Bertz CT molecular complexity index is 1050. The van der Waals surface area contributed by atoms with E-state index in [2.05, 4.69) is 5.32 Å². The van der Waals surface area contributed by atoms with Gasteiger partial charge in [-0.2, -0.15) is 4.31 Å². The summed E-state index contributed by atoms with van der Waals surface area (Å²) in [6, 6.07) is 9.88. The highest BCUT2D eigenvalue weighted by Gasteiger charge is 2.25. The Morgan fingerprint density at radius 1 is 1.10 bits per heavy atom. The van der Waals surface area contributed by atoms with E-state index < -0.39 is 27.5 Å². The van der Waals surface area contributed by atoms with E-state index in [0.29, 0.717) is 24.6 Å². The summed E-state index contributed by atoms with van der Waals surface area (Å²) < 4.78 is 37.1. The second kappa shape index (κ2) is 9.75. The number of nitro benzene ring substituents is 1. The van der Waals surface area contributed by atoms with Crippen molar-refractivity contribution < 1.29 is 27.6 Å². The van der Waals surface area contributed by atoms with E-state index in [0.717, 1.165) is 19.3 Å². The number of nitrogens with zero attached hydrogens (tertiary/aromatic N) is 2. The predicted molar refractivity (Wildman–Crippen MR) is 113 cm³/mol. The summed E-state index contributed by atoms with van der Waals surface area (Å²) in [5, 5.41) is 13.6. The quantitative estimate of drug-likeness (QED) is 0.485. The van der Waals surface area contributed by atoms with Crippen LogP contribution in [0.15, 0.2) is 47.4 Å². The largest absolute Gasteiger partial charge is 0.496 e. The number of nitro groups is 1. The number of rotatable bonds is 8. The van der Waals surface area contributed by atoms with Crippen molar-refractivity contribution in [2.75, 3.05) is 32.1 Å². The van der Waals surface area contributed by atoms with Gasteiger partial charge in [0.1, 0.15) is 17.2 Å². The van der Waals surface area contributed by atoms with Gasteiger partial charge in [0.2, 0.25) is 10.0 Å². The highest BCUT2D eigenvalue weighted by molar-refractivity contribution is 7.89. The number of carbonyl (C=O) groups excluding carboxylic acids is 1. The Balaban J connectivity index is 1.60. The van der Waals surface area contributed by atoms with E-state index in [1.807, 2.05) is 0 Å². The summed E-state index contributed by atoms with van der Waals surface area (Å²) in [6.45, 7) is 0.623. The fourth-order valence-electron chi connectivity index (χ4n) is 3.19. The average molecular weight is 449 g/mol. The molecular formula is C20H23N3O7S. The zero-order chi connectivity index (χ0) is 22.4. The normalized spacial score (nSPS) is 14.6. The van der Waals surface area contributed by atoms with Crippen molar-refractivity contribution in [3.8, 4) is 11.5 Å². The maximum atomic E-state index is 12.7. The van der Waals surface area contributed by atoms with Crippen LogP contribution in [0.5, 0.6) is 11.5 Å². The molecule has 0 atom stereocenters. The standard InChI is InChI=1S/C20H23N3O7S/c1-29-16-7-10-18(19(13-16)23(25)26)21-20(24)14-30-15-5-8-17(9-6-15)31(27,28)22-11-3-2-4-12-22/h5-10,13H,2-4,11-12,14H2,1H3,(H,21,24). The first-order valence-corrected chi connectivity index (χ1v) is 11.1. The third kappa shape index (κ3) is 5.50. The Morgan fingerprint density at radius 2 is 1.74 bits per heavy atom. The topological polar surface area (TPSA) is 128 Å². The molecule has 1 aliphatic rings. The monoisotopic (exact) mass is 449 g/mol. The van der Waals surface area contributed by atoms with Crippen molar-refractivity contribution in [1.29, 1.82) is 0 Å². The smallest absolute Gasteiger partial charge is 0.296 e. The lowest BCUT2D eigenvalue weighted by Gasteiger charge is -2.25. The lowest BCUT2D eigenvalue weighted by molar-refractivity contribution is -0.384. The lowest BCUT2D eigenvalue weighted by atomic mass is 10.2. The molecule has 1 fully saturated rings. The number of ether oxygens (including phenoxy) is 2. The van der Waals surface area contributed by atoms with Crippen LogP contribution in [0.3, 0.4) is 0 Å². The summed E-state index contributed by atoms with van der Waals surface area (Å²) >= 11 is 0. The molecule has 2 aromatic rings. The van der Waals surface area contributed by atoms with Gasteiger partial charge >= 0.3 is 0 Å². The number of sulfonamides is 1. The molecular weight excluding hydrogens is 426 g/mol. The third-order valence-electron chi connectivity index (χ3n) is 4.82. The molecule has 31 heavy (non-hydrogen) atoms. The van der Waals surface area contributed by atoms with Crippen molar-refractivity contribution in [3.05, 3.63) is 52.6 Å². The first kappa shape index (κ1) is 22.5. The predicted octanol–water partition coefficient (Wildman–Crippen LogP) is 2.80. The van der Waals surface area contributed by atoms with Crippen LogP contribution in [-0.4, -0.2) is 50.4 Å². The molecule has 1 aliphatic heterocycles. The van der Waals surface area contributed by atoms with Gasteiger partial charge in [-0.15, -0.1) is 0 Å². The second-order valence-electron chi connectivity index (χ2n) is 6.91. The molecule has 0 unspecified atom stereocenters. The zero-order valence-corrected chi connectivity index (χ0v) is 17.8. The van der Waals surface area contributed by atoms with Gasteiger partial charge in [0.05, 0.1) is 23.0 Å². The van der Waals surface area contributed by atoms with Crippen LogP contribution in [0.25, 0.3) is 0 Å². The molecule has 3 rings (SSSR count). The minimum absolute atomic E-state index is 0.0161. The first-order valence-electron chi connectivity index (χ1n) is 9.66. The number of carbonyl (C=O) groups is 1. The van der Waals surface area contributed by atoms with Crippen LogP contribution in [0.1, 0.15) is 19.3 Å². The van der Waals surface area contributed by atoms with Gasteiger partial charge < -0.3 is 14.8 Å². The van der Waals surface area contributed by atoms with Crippen LogP contribution < -0.4 is 14.8 Å². The van der Waals surface area contributed by atoms with Crippen LogP contribution in [0, 0.1) is 10.1 Å². The van der Waals surface area contributed by atoms with Gasteiger partial charge in [-0.25, -0.2) is 8.42 Å². The molecule has 166 valence electrons. The maximum Gasteiger partial charge on any atom is 0.296 e.